The van der Waals surface area contributed by atoms with Gasteiger partial charge in [-0.1, -0.05) is 0 Å². The lowest BCUT2D eigenvalue weighted by molar-refractivity contribution is -0.139. The van der Waals surface area contributed by atoms with E-state index in [-0.39, 0.29) is 12.1 Å². The molecule has 2 amide bonds. The summed E-state index contributed by atoms with van der Waals surface area (Å²) >= 11 is 1.58. The predicted octanol–water partition coefficient (Wildman–Crippen LogP) is 0.928. The van der Waals surface area contributed by atoms with Crippen LogP contribution in [0.2, 0.25) is 0 Å². The second-order valence-corrected chi connectivity index (χ2v) is 6.25. The number of nitrogens with one attached hydrogen (secondary N) is 1. The lowest BCUT2D eigenvalue weighted by atomic mass is 10.0. The molecule has 1 saturated heterocycles. The minimum atomic E-state index is -0.968. The van der Waals surface area contributed by atoms with E-state index in [1.54, 1.807) is 23.7 Å². The van der Waals surface area contributed by atoms with Crippen LogP contribution >= 0.6 is 11.8 Å². The molecule has 116 valence electrons. The first-order valence-corrected chi connectivity index (χ1v) is 8.28. The van der Waals surface area contributed by atoms with Crippen LogP contribution in [0.5, 0.6) is 0 Å². The van der Waals surface area contributed by atoms with Gasteiger partial charge in [0.25, 0.3) is 0 Å². The predicted molar refractivity (Wildman–Crippen MR) is 81.2 cm³/mol. The fourth-order valence-electron chi connectivity index (χ4n) is 2.29. The SMILES string of the molecule is CSCC[C@@H](NC(=O)N(C)C1CCN(C)CC1)C(=O)O. The second-order valence-electron chi connectivity index (χ2n) is 5.27. The van der Waals surface area contributed by atoms with Crippen molar-refractivity contribution in [3.63, 3.8) is 0 Å². The zero-order valence-corrected chi connectivity index (χ0v) is 13.3. The van der Waals surface area contributed by atoms with Crippen LogP contribution in [0, 0.1) is 0 Å². The number of thioether (sulfide) groups is 1. The molecule has 20 heavy (non-hydrogen) atoms. The third-order valence-electron chi connectivity index (χ3n) is 3.76. The van der Waals surface area contributed by atoms with Gasteiger partial charge in [-0.15, -0.1) is 0 Å². The highest BCUT2D eigenvalue weighted by molar-refractivity contribution is 7.98. The van der Waals surface area contributed by atoms with E-state index in [4.69, 9.17) is 5.11 Å². The molecule has 0 bridgehead atoms. The van der Waals surface area contributed by atoms with Gasteiger partial charge in [0.05, 0.1) is 0 Å². The maximum absolute atomic E-state index is 12.1. The zero-order chi connectivity index (χ0) is 15.1. The van der Waals surface area contributed by atoms with Crippen molar-refractivity contribution in [2.24, 2.45) is 0 Å². The first kappa shape index (κ1) is 17.1. The standard InChI is InChI=1S/C13H25N3O3S/c1-15-7-4-10(5-8-15)16(2)13(19)14-11(12(17)18)6-9-20-3/h10-11H,4-9H2,1-3H3,(H,14,19)(H,17,18)/t11-/m1/s1. The highest BCUT2D eigenvalue weighted by atomic mass is 32.2. The fraction of sp³-hybridized carbons (Fsp3) is 0.846. The number of nitrogens with zero attached hydrogens (tertiary/aromatic N) is 2. The van der Waals surface area contributed by atoms with Crippen LogP contribution < -0.4 is 5.32 Å². The molecular formula is C13H25N3O3S. The summed E-state index contributed by atoms with van der Waals surface area (Å²) in [6, 6.07) is -0.891. The second kappa shape index (κ2) is 8.36. The third-order valence-corrected chi connectivity index (χ3v) is 4.41. The Morgan fingerprint density at radius 3 is 2.55 bits per heavy atom. The Kier molecular flexibility index (Phi) is 7.15. The molecule has 0 aromatic carbocycles. The number of hydrogen-bond acceptors (Lipinski definition) is 4. The lowest BCUT2D eigenvalue weighted by Gasteiger charge is -2.35. The van der Waals surface area contributed by atoms with Crippen molar-refractivity contribution in [3.05, 3.63) is 0 Å². The van der Waals surface area contributed by atoms with Crippen LogP contribution in [-0.2, 0) is 4.79 Å². The number of carboxylic acids is 1. The third kappa shape index (κ3) is 5.20. The van der Waals surface area contributed by atoms with Crippen molar-refractivity contribution in [3.8, 4) is 0 Å². The number of aliphatic carboxylic acids is 1. The normalized spacial score (nSPS) is 18.6. The first-order valence-electron chi connectivity index (χ1n) is 6.89. The van der Waals surface area contributed by atoms with E-state index in [1.807, 2.05) is 6.26 Å². The number of carbonyl (C=O) groups is 2. The average molecular weight is 303 g/mol. The van der Waals surface area contributed by atoms with Crippen LogP contribution in [0.3, 0.4) is 0 Å². The smallest absolute Gasteiger partial charge is 0.326 e. The van der Waals surface area contributed by atoms with E-state index in [2.05, 4.69) is 17.3 Å². The maximum atomic E-state index is 12.1. The van der Waals surface area contributed by atoms with Gasteiger partial charge in [-0.05, 0) is 51.4 Å². The summed E-state index contributed by atoms with van der Waals surface area (Å²) in [6.07, 6.45) is 4.24. The zero-order valence-electron chi connectivity index (χ0n) is 12.5. The molecule has 0 spiro atoms. The fourth-order valence-corrected chi connectivity index (χ4v) is 2.76. The largest absolute Gasteiger partial charge is 0.480 e. The van der Waals surface area contributed by atoms with Crippen LogP contribution in [-0.4, -0.2) is 78.2 Å². The van der Waals surface area contributed by atoms with Gasteiger partial charge in [0, 0.05) is 13.1 Å². The van der Waals surface area contributed by atoms with Crippen molar-refractivity contribution >= 4 is 23.8 Å². The minimum Gasteiger partial charge on any atom is -0.480 e. The highest BCUT2D eigenvalue weighted by Gasteiger charge is 2.27. The highest BCUT2D eigenvalue weighted by Crippen LogP contribution is 2.14. The van der Waals surface area contributed by atoms with Gasteiger partial charge in [0.15, 0.2) is 0 Å². The van der Waals surface area contributed by atoms with Crippen LogP contribution in [0.4, 0.5) is 4.79 Å². The lowest BCUT2D eigenvalue weighted by Crippen LogP contribution is -2.52. The Bertz CT molecular complexity index is 333. The number of likely N-dealkylation sites (tertiary alicyclic amines) is 1. The van der Waals surface area contributed by atoms with Crippen molar-refractivity contribution in [1.82, 2.24) is 15.1 Å². The molecule has 0 aliphatic carbocycles. The Balaban J connectivity index is 2.48. The molecule has 1 aliphatic rings. The van der Waals surface area contributed by atoms with Crippen LogP contribution in [0.1, 0.15) is 19.3 Å². The minimum absolute atomic E-state index is 0.196. The van der Waals surface area contributed by atoms with E-state index < -0.39 is 12.0 Å². The molecule has 0 saturated carbocycles. The summed E-state index contributed by atoms with van der Waals surface area (Å²) in [5.74, 6) is -0.251. The molecule has 1 heterocycles. The summed E-state index contributed by atoms with van der Waals surface area (Å²) < 4.78 is 0. The molecule has 0 aromatic rings. The number of rotatable bonds is 6. The summed E-state index contributed by atoms with van der Waals surface area (Å²) in [5.41, 5.74) is 0. The van der Waals surface area contributed by atoms with E-state index in [9.17, 15) is 9.59 Å². The molecule has 0 unspecified atom stereocenters. The topological polar surface area (TPSA) is 72.9 Å². The Labute approximate surface area is 124 Å². The summed E-state index contributed by atoms with van der Waals surface area (Å²) in [7, 11) is 3.82. The van der Waals surface area contributed by atoms with Gasteiger partial charge in [-0.3, -0.25) is 0 Å². The maximum Gasteiger partial charge on any atom is 0.326 e. The first-order chi connectivity index (χ1) is 9.45. The van der Waals surface area contributed by atoms with Crippen molar-refractivity contribution in [1.29, 1.82) is 0 Å². The average Bonchev–Trinajstić information content (AvgIpc) is 2.42. The molecule has 0 radical (unpaired) electrons. The number of amides is 2. The van der Waals surface area contributed by atoms with Crippen molar-refractivity contribution < 1.29 is 14.7 Å². The molecule has 1 rings (SSSR count). The summed E-state index contributed by atoms with van der Waals surface area (Å²) in [4.78, 5) is 27.2. The van der Waals surface area contributed by atoms with Gasteiger partial charge >= 0.3 is 12.0 Å². The molecule has 2 N–H and O–H groups in total. The Morgan fingerprint density at radius 2 is 2.05 bits per heavy atom. The van der Waals surface area contributed by atoms with Gasteiger partial charge in [-0.25, -0.2) is 9.59 Å². The van der Waals surface area contributed by atoms with Gasteiger partial charge in [0.2, 0.25) is 0 Å². The van der Waals surface area contributed by atoms with E-state index in [1.165, 1.54) is 0 Å². The number of carbonyl (C=O) groups excluding carboxylic acids is 1. The van der Waals surface area contributed by atoms with Crippen LogP contribution in [0.25, 0.3) is 0 Å². The summed E-state index contributed by atoms with van der Waals surface area (Å²) in [6.45, 7) is 1.94. The number of carboxylic acid groups (broad SMARTS) is 1. The molecule has 0 aromatic heterocycles. The number of urea groups is 1. The Morgan fingerprint density at radius 1 is 1.45 bits per heavy atom. The van der Waals surface area contributed by atoms with E-state index in [0.717, 1.165) is 31.7 Å². The quantitative estimate of drug-likeness (QED) is 0.763. The van der Waals surface area contributed by atoms with Gasteiger partial charge in [-0.2, -0.15) is 11.8 Å². The van der Waals surface area contributed by atoms with Crippen molar-refractivity contribution in [2.45, 2.75) is 31.3 Å². The Hall–Kier alpha value is -0.950. The molecule has 7 heteroatoms. The molecule has 1 atom stereocenters. The number of piperidine rings is 1. The summed E-state index contributed by atoms with van der Waals surface area (Å²) in [5, 5.41) is 11.7. The molecule has 6 nitrogen and oxygen atoms in total. The van der Waals surface area contributed by atoms with Gasteiger partial charge in [0.1, 0.15) is 6.04 Å². The monoisotopic (exact) mass is 303 g/mol. The molecular weight excluding hydrogens is 278 g/mol. The molecule has 1 aliphatic heterocycles. The van der Waals surface area contributed by atoms with Crippen LogP contribution in [0.15, 0.2) is 0 Å². The number of hydrogen-bond donors (Lipinski definition) is 2. The van der Waals surface area contributed by atoms with E-state index in [0.29, 0.717) is 6.42 Å². The molecule has 1 fully saturated rings. The van der Waals surface area contributed by atoms with Gasteiger partial charge < -0.3 is 20.2 Å². The van der Waals surface area contributed by atoms with E-state index >= 15 is 0 Å². The van der Waals surface area contributed by atoms with Crippen molar-refractivity contribution in [2.75, 3.05) is 39.2 Å².